The molecule has 2 rings (SSSR count). The molecule has 0 aromatic carbocycles. The molecule has 0 aliphatic carbocycles. The van der Waals surface area contributed by atoms with Gasteiger partial charge in [0.15, 0.2) is 5.82 Å². The molecular formula is C12H19N7. The van der Waals surface area contributed by atoms with E-state index in [1.807, 2.05) is 17.7 Å². The highest BCUT2D eigenvalue weighted by Gasteiger charge is 2.19. The summed E-state index contributed by atoms with van der Waals surface area (Å²) in [6.07, 6.45) is 6.76. The summed E-state index contributed by atoms with van der Waals surface area (Å²) in [5, 5.41) is 0. The Bertz CT molecular complexity index is 529. The van der Waals surface area contributed by atoms with E-state index in [1.54, 1.807) is 6.20 Å². The van der Waals surface area contributed by atoms with Gasteiger partial charge < -0.3 is 16.0 Å². The fraction of sp³-hybridized carbons (Fsp3) is 0.500. The van der Waals surface area contributed by atoms with Crippen LogP contribution in [0.15, 0.2) is 12.4 Å². The number of unbranched alkanes of at least 4 members (excludes halogenated alkanes) is 1. The molecule has 2 aromatic heterocycles. The van der Waals surface area contributed by atoms with Gasteiger partial charge in [-0.1, -0.05) is 19.8 Å². The first-order valence-electron chi connectivity index (χ1n) is 6.38. The van der Waals surface area contributed by atoms with Crippen molar-refractivity contribution in [1.29, 1.82) is 0 Å². The third kappa shape index (κ3) is 2.98. The maximum atomic E-state index is 5.65. The maximum absolute atomic E-state index is 5.65. The summed E-state index contributed by atoms with van der Waals surface area (Å²) < 4.78 is 2.05. The van der Waals surface area contributed by atoms with Gasteiger partial charge in [-0.15, -0.1) is 0 Å². The molecule has 4 N–H and O–H groups in total. The van der Waals surface area contributed by atoms with Crippen LogP contribution in [0.3, 0.4) is 0 Å². The Balaban J connectivity index is 2.39. The number of anilines is 2. The van der Waals surface area contributed by atoms with Crippen molar-refractivity contribution in [2.45, 2.75) is 39.2 Å². The van der Waals surface area contributed by atoms with Gasteiger partial charge in [0.25, 0.3) is 0 Å². The first-order chi connectivity index (χ1) is 9.11. The number of hydrogen-bond acceptors (Lipinski definition) is 6. The molecule has 0 saturated carbocycles. The van der Waals surface area contributed by atoms with Crippen LogP contribution in [0.4, 0.5) is 11.9 Å². The third-order valence-electron chi connectivity index (χ3n) is 3.01. The quantitative estimate of drug-likeness (QED) is 0.840. The zero-order valence-corrected chi connectivity index (χ0v) is 11.2. The van der Waals surface area contributed by atoms with Crippen LogP contribution in [0.25, 0.3) is 0 Å². The van der Waals surface area contributed by atoms with E-state index in [0.717, 1.165) is 25.1 Å². The van der Waals surface area contributed by atoms with Gasteiger partial charge >= 0.3 is 0 Å². The smallest absolute Gasteiger partial charge is 0.225 e. The Kier molecular flexibility index (Phi) is 3.94. The molecule has 0 aliphatic rings. The molecule has 7 heteroatoms. The summed E-state index contributed by atoms with van der Waals surface area (Å²) in [6, 6.07) is -0.00458. The van der Waals surface area contributed by atoms with E-state index in [4.69, 9.17) is 11.5 Å². The van der Waals surface area contributed by atoms with E-state index in [1.165, 1.54) is 0 Å². The maximum Gasteiger partial charge on any atom is 0.225 e. The van der Waals surface area contributed by atoms with Gasteiger partial charge in [-0.2, -0.15) is 15.0 Å². The molecule has 2 aromatic rings. The lowest BCUT2D eigenvalue weighted by Gasteiger charge is -2.18. The van der Waals surface area contributed by atoms with Crippen molar-refractivity contribution < 1.29 is 0 Å². The van der Waals surface area contributed by atoms with E-state index in [9.17, 15) is 0 Å². The number of rotatable bonds is 5. The number of aryl methyl sites for hydroxylation is 1. The monoisotopic (exact) mass is 261 g/mol. The van der Waals surface area contributed by atoms with E-state index < -0.39 is 0 Å². The van der Waals surface area contributed by atoms with Gasteiger partial charge in [0, 0.05) is 12.4 Å². The van der Waals surface area contributed by atoms with Crippen molar-refractivity contribution in [1.82, 2.24) is 24.5 Å². The third-order valence-corrected chi connectivity index (χ3v) is 3.01. The van der Waals surface area contributed by atoms with Crippen LogP contribution in [0.1, 0.15) is 43.9 Å². The van der Waals surface area contributed by atoms with Gasteiger partial charge in [-0.05, 0) is 13.3 Å². The number of nitrogens with zero attached hydrogens (tertiary/aromatic N) is 5. The molecule has 0 spiro atoms. The Morgan fingerprint density at radius 2 is 1.89 bits per heavy atom. The van der Waals surface area contributed by atoms with Crippen molar-refractivity contribution in [3.8, 4) is 0 Å². The fourth-order valence-electron chi connectivity index (χ4n) is 2.08. The van der Waals surface area contributed by atoms with Gasteiger partial charge in [-0.25, -0.2) is 4.98 Å². The predicted octanol–water partition coefficient (Wildman–Crippen LogP) is 1.32. The molecule has 19 heavy (non-hydrogen) atoms. The summed E-state index contributed by atoms with van der Waals surface area (Å²) in [4.78, 5) is 16.5. The molecule has 0 amide bonds. The summed E-state index contributed by atoms with van der Waals surface area (Å²) in [5.74, 6) is 1.82. The van der Waals surface area contributed by atoms with Crippen LogP contribution in [0.5, 0.6) is 0 Å². The van der Waals surface area contributed by atoms with Crippen molar-refractivity contribution >= 4 is 11.9 Å². The molecule has 7 nitrogen and oxygen atoms in total. The van der Waals surface area contributed by atoms with Crippen LogP contribution in [-0.4, -0.2) is 24.5 Å². The average Bonchev–Trinajstić information content (AvgIpc) is 2.75. The van der Waals surface area contributed by atoms with Gasteiger partial charge in [-0.3, -0.25) is 0 Å². The van der Waals surface area contributed by atoms with E-state index in [2.05, 4.69) is 26.9 Å². The largest absolute Gasteiger partial charge is 0.368 e. The molecule has 1 atom stereocenters. The lowest BCUT2D eigenvalue weighted by Crippen LogP contribution is -2.17. The predicted molar refractivity (Wildman–Crippen MR) is 73.3 cm³/mol. The fourth-order valence-corrected chi connectivity index (χ4v) is 2.08. The first kappa shape index (κ1) is 13.3. The lowest BCUT2D eigenvalue weighted by atomic mass is 10.1. The van der Waals surface area contributed by atoms with Gasteiger partial charge in [0.1, 0.15) is 5.82 Å². The first-order valence-corrected chi connectivity index (χ1v) is 6.38. The van der Waals surface area contributed by atoms with E-state index in [0.29, 0.717) is 5.82 Å². The summed E-state index contributed by atoms with van der Waals surface area (Å²) in [7, 11) is 0. The zero-order valence-electron chi connectivity index (χ0n) is 11.2. The second-order valence-corrected chi connectivity index (χ2v) is 4.45. The SMILES string of the molecule is CCCCC(c1nc(N)nc(N)n1)n1ccnc1C. The number of nitrogen functional groups attached to an aromatic ring is 2. The summed E-state index contributed by atoms with van der Waals surface area (Å²) in [6.45, 7) is 4.10. The summed E-state index contributed by atoms with van der Waals surface area (Å²) >= 11 is 0. The van der Waals surface area contributed by atoms with Crippen molar-refractivity contribution in [3.05, 3.63) is 24.0 Å². The molecule has 0 aliphatic heterocycles. The number of aromatic nitrogens is 5. The topological polar surface area (TPSA) is 109 Å². The molecule has 0 bridgehead atoms. The van der Waals surface area contributed by atoms with Crippen molar-refractivity contribution in [3.63, 3.8) is 0 Å². The molecular weight excluding hydrogens is 242 g/mol. The Morgan fingerprint density at radius 3 is 2.42 bits per heavy atom. The molecule has 0 fully saturated rings. The van der Waals surface area contributed by atoms with Crippen molar-refractivity contribution in [2.24, 2.45) is 0 Å². The minimum atomic E-state index is -0.00458. The number of hydrogen-bond donors (Lipinski definition) is 2. The lowest BCUT2D eigenvalue weighted by molar-refractivity contribution is 0.482. The molecule has 0 radical (unpaired) electrons. The summed E-state index contributed by atoms with van der Waals surface area (Å²) in [5.41, 5.74) is 11.3. The number of nitrogens with two attached hydrogens (primary N) is 2. The van der Waals surface area contributed by atoms with Crippen molar-refractivity contribution in [2.75, 3.05) is 11.5 Å². The highest BCUT2D eigenvalue weighted by atomic mass is 15.2. The molecule has 0 saturated heterocycles. The highest BCUT2D eigenvalue weighted by Crippen LogP contribution is 2.23. The van der Waals surface area contributed by atoms with Crippen LogP contribution < -0.4 is 11.5 Å². The normalized spacial score (nSPS) is 12.5. The van der Waals surface area contributed by atoms with Crippen LogP contribution in [0, 0.1) is 6.92 Å². The van der Waals surface area contributed by atoms with Gasteiger partial charge in [0.05, 0.1) is 6.04 Å². The van der Waals surface area contributed by atoms with Crippen LogP contribution in [0.2, 0.25) is 0 Å². The molecule has 2 heterocycles. The minimum Gasteiger partial charge on any atom is -0.368 e. The molecule has 1 unspecified atom stereocenters. The Labute approximate surface area is 112 Å². The minimum absolute atomic E-state index is 0.00458. The Morgan fingerprint density at radius 1 is 1.21 bits per heavy atom. The Hall–Kier alpha value is -2.18. The van der Waals surface area contributed by atoms with Gasteiger partial charge in [0.2, 0.25) is 11.9 Å². The molecule has 102 valence electrons. The van der Waals surface area contributed by atoms with E-state index in [-0.39, 0.29) is 17.9 Å². The second-order valence-electron chi connectivity index (χ2n) is 4.45. The highest BCUT2D eigenvalue weighted by molar-refractivity contribution is 5.27. The number of imidazole rings is 1. The standard InChI is InChI=1S/C12H19N7/c1-3-4-5-9(19-7-6-15-8(19)2)10-16-11(13)18-12(14)17-10/h6-7,9H,3-5H2,1-2H3,(H4,13,14,16,17,18). The average molecular weight is 261 g/mol. The van der Waals surface area contributed by atoms with Crippen LogP contribution >= 0.6 is 0 Å². The van der Waals surface area contributed by atoms with Crippen LogP contribution in [-0.2, 0) is 0 Å². The van der Waals surface area contributed by atoms with E-state index >= 15 is 0 Å². The second kappa shape index (κ2) is 5.64. The zero-order chi connectivity index (χ0) is 13.8.